The van der Waals surface area contributed by atoms with Crippen LogP contribution in [0.3, 0.4) is 0 Å². The molecule has 10 nitrogen and oxygen atoms in total. The molecule has 1 aliphatic heterocycles. The summed E-state index contributed by atoms with van der Waals surface area (Å²) in [5, 5.41) is 5.83. The molecule has 2 heterocycles. The summed E-state index contributed by atoms with van der Waals surface area (Å²) in [5.74, 6) is -0.0332. The average Bonchev–Trinajstić information content (AvgIpc) is 3.45. The summed E-state index contributed by atoms with van der Waals surface area (Å²) in [6, 6.07) is 17.0. The first kappa shape index (κ1) is 29.8. The Hall–Kier alpha value is -4.73. The Bertz CT molecular complexity index is 1600. The number of amides is 4. The molecule has 2 aliphatic rings. The first-order valence-electron chi connectivity index (χ1n) is 14.3. The fourth-order valence-corrected chi connectivity index (χ4v) is 5.73. The van der Waals surface area contributed by atoms with Gasteiger partial charge in [0, 0.05) is 44.5 Å². The number of nitrogens with zero attached hydrogens (tertiary/aromatic N) is 3. The minimum absolute atomic E-state index is 0.0577. The maximum atomic E-state index is 13.1. The van der Waals surface area contributed by atoms with Gasteiger partial charge in [0.1, 0.15) is 18.0 Å². The van der Waals surface area contributed by atoms with Gasteiger partial charge in [-0.3, -0.25) is 14.4 Å². The zero-order valence-corrected chi connectivity index (χ0v) is 25.2. The van der Waals surface area contributed by atoms with Gasteiger partial charge < -0.3 is 25.2 Å². The lowest BCUT2D eigenvalue weighted by Crippen LogP contribution is -2.37. The lowest BCUT2D eigenvalue weighted by Gasteiger charge is -2.26. The number of hydrogen-bond donors (Lipinski definition) is 2. The van der Waals surface area contributed by atoms with E-state index in [4.69, 9.17) is 4.74 Å². The number of rotatable bonds is 7. The topological polar surface area (TPSA) is 121 Å². The maximum absolute atomic E-state index is 13.1. The Morgan fingerprint density at radius 3 is 2.40 bits per heavy atom. The number of aromatic nitrogens is 1. The number of hydrogen-bond acceptors (Lipinski definition) is 6. The third-order valence-electron chi connectivity index (χ3n) is 7.84. The molecule has 1 atom stereocenters. The molecule has 1 aromatic heterocycles. The van der Waals surface area contributed by atoms with Crippen molar-refractivity contribution in [2.45, 2.75) is 64.6 Å². The highest BCUT2D eigenvalue weighted by Crippen LogP contribution is 2.46. The van der Waals surface area contributed by atoms with Crippen LogP contribution in [0.15, 0.2) is 60.8 Å². The van der Waals surface area contributed by atoms with Gasteiger partial charge in [-0.25, -0.2) is 9.78 Å². The second-order valence-electron chi connectivity index (χ2n) is 12.3. The Morgan fingerprint density at radius 1 is 1.00 bits per heavy atom. The van der Waals surface area contributed by atoms with Crippen molar-refractivity contribution in [1.29, 1.82) is 0 Å². The number of carbonyl (C=O) groups is 4. The molecule has 0 fully saturated rings. The van der Waals surface area contributed by atoms with Crippen LogP contribution in [0, 0.1) is 0 Å². The van der Waals surface area contributed by atoms with Crippen molar-refractivity contribution in [3.05, 3.63) is 88.6 Å². The van der Waals surface area contributed by atoms with Crippen molar-refractivity contribution in [1.82, 2.24) is 14.8 Å². The number of nitrogens with one attached hydrogen (secondary N) is 2. The van der Waals surface area contributed by atoms with E-state index in [1.807, 2.05) is 75.4 Å². The highest BCUT2D eigenvalue weighted by atomic mass is 16.6. The third-order valence-corrected chi connectivity index (χ3v) is 7.84. The van der Waals surface area contributed by atoms with Crippen molar-refractivity contribution < 1.29 is 23.9 Å². The lowest BCUT2D eigenvalue weighted by atomic mass is 9.79. The number of pyridine rings is 1. The molecule has 5 rings (SSSR count). The van der Waals surface area contributed by atoms with Crippen LogP contribution in [0.5, 0.6) is 0 Å². The molecule has 10 heteroatoms. The summed E-state index contributed by atoms with van der Waals surface area (Å²) >= 11 is 0. The summed E-state index contributed by atoms with van der Waals surface area (Å²) in [7, 11) is 1.66. The van der Waals surface area contributed by atoms with E-state index in [9.17, 15) is 19.2 Å². The van der Waals surface area contributed by atoms with Gasteiger partial charge in [0.15, 0.2) is 0 Å². The van der Waals surface area contributed by atoms with Gasteiger partial charge in [-0.1, -0.05) is 36.4 Å². The quantitative estimate of drug-likeness (QED) is 0.425. The van der Waals surface area contributed by atoms with Crippen LogP contribution in [0.4, 0.5) is 16.3 Å². The Labute approximate surface area is 251 Å². The van der Waals surface area contributed by atoms with E-state index in [1.165, 1.54) is 16.7 Å². The molecule has 2 aromatic carbocycles. The Morgan fingerprint density at radius 2 is 1.70 bits per heavy atom. The smallest absolute Gasteiger partial charge is 0.410 e. The second-order valence-corrected chi connectivity index (χ2v) is 12.3. The molecule has 0 saturated carbocycles. The van der Waals surface area contributed by atoms with Gasteiger partial charge in [-0.2, -0.15) is 0 Å². The van der Waals surface area contributed by atoms with Gasteiger partial charge in [-0.05, 0) is 74.1 Å². The van der Waals surface area contributed by atoms with Crippen LogP contribution in [0.1, 0.15) is 55.5 Å². The zero-order valence-electron chi connectivity index (χ0n) is 25.2. The SMILES string of the molecule is CC(=O)N(CC(=O)Nc1ccc2c(c1)C[C@@]1(C2)C(=O)Nc2ncccc21)Cc1ccccc1CN(C)C(=O)OC(C)(C)C. The van der Waals surface area contributed by atoms with Gasteiger partial charge in [0.2, 0.25) is 17.7 Å². The zero-order chi connectivity index (χ0) is 30.9. The number of carbonyl (C=O) groups excluding carboxylic acids is 4. The van der Waals surface area contributed by atoms with E-state index in [1.54, 1.807) is 13.2 Å². The van der Waals surface area contributed by atoms with Crippen LogP contribution in [-0.4, -0.2) is 57.8 Å². The standard InChI is InChI=1S/C33H37N5O5/c1-21(39)38(19-24-10-7-6-9-23(24)18-37(5)31(42)43-32(2,3)4)20-28(40)35-26-13-12-22-16-33(17-25(22)15-26)27-11-8-14-34-29(27)36-30(33)41/h6-15H,16-20H2,1-5H3,(H,35,40)(H,34,36,41)/t33-/m1/s1. The van der Waals surface area contributed by atoms with E-state index in [-0.39, 0.29) is 37.4 Å². The van der Waals surface area contributed by atoms with Crippen molar-refractivity contribution in [3.8, 4) is 0 Å². The molecule has 2 N–H and O–H groups in total. The minimum Gasteiger partial charge on any atom is -0.444 e. The molecule has 0 saturated heterocycles. The molecule has 1 spiro atoms. The van der Waals surface area contributed by atoms with E-state index >= 15 is 0 Å². The van der Waals surface area contributed by atoms with Crippen molar-refractivity contribution in [3.63, 3.8) is 0 Å². The third kappa shape index (κ3) is 6.38. The average molecular weight is 584 g/mol. The molecular weight excluding hydrogens is 546 g/mol. The van der Waals surface area contributed by atoms with Gasteiger partial charge >= 0.3 is 6.09 Å². The largest absolute Gasteiger partial charge is 0.444 e. The molecule has 1 aliphatic carbocycles. The van der Waals surface area contributed by atoms with Crippen LogP contribution in [-0.2, 0) is 50.5 Å². The molecule has 0 unspecified atom stereocenters. The van der Waals surface area contributed by atoms with E-state index in [2.05, 4.69) is 15.6 Å². The molecule has 3 aromatic rings. The summed E-state index contributed by atoms with van der Waals surface area (Å²) in [6.07, 6.45) is 2.31. The second kappa shape index (κ2) is 11.5. The molecule has 224 valence electrons. The van der Waals surface area contributed by atoms with E-state index < -0.39 is 17.1 Å². The molecule has 0 radical (unpaired) electrons. The van der Waals surface area contributed by atoms with Crippen LogP contribution < -0.4 is 10.6 Å². The van der Waals surface area contributed by atoms with E-state index in [0.717, 1.165) is 27.8 Å². The first-order chi connectivity index (χ1) is 20.3. The summed E-state index contributed by atoms with van der Waals surface area (Å²) in [5.41, 5.74) is 3.93. The predicted octanol–water partition coefficient (Wildman–Crippen LogP) is 4.42. The molecule has 4 amide bonds. The monoisotopic (exact) mass is 583 g/mol. The molecule has 0 bridgehead atoms. The lowest BCUT2D eigenvalue weighted by molar-refractivity contribution is -0.133. The molecule has 43 heavy (non-hydrogen) atoms. The fraction of sp³-hybridized carbons (Fsp3) is 0.364. The normalized spacial score (nSPS) is 16.7. The highest BCUT2D eigenvalue weighted by Gasteiger charge is 2.51. The number of anilines is 2. The fourth-order valence-electron chi connectivity index (χ4n) is 5.73. The van der Waals surface area contributed by atoms with Crippen molar-refractivity contribution in [2.24, 2.45) is 0 Å². The number of benzene rings is 2. The summed E-state index contributed by atoms with van der Waals surface area (Å²) in [4.78, 5) is 58.5. The van der Waals surface area contributed by atoms with Crippen LogP contribution in [0.2, 0.25) is 0 Å². The van der Waals surface area contributed by atoms with Crippen molar-refractivity contribution in [2.75, 3.05) is 24.2 Å². The minimum atomic E-state index is -0.690. The number of ether oxygens (including phenoxy) is 1. The van der Waals surface area contributed by atoms with E-state index in [0.29, 0.717) is 24.3 Å². The summed E-state index contributed by atoms with van der Waals surface area (Å²) in [6.45, 7) is 7.21. The predicted molar refractivity (Wildman–Crippen MR) is 162 cm³/mol. The van der Waals surface area contributed by atoms with Crippen LogP contribution >= 0.6 is 0 Å². The van der Waals surface area contributed by atoms with Crippen molar-refractivity contribution >= 4 is 35.3 Å². The summed E-state index contributed by atoms with van der Waals surface area (Å²) < 4.78 is 5.46. The highest BCUT2D eigenvalue weighted by molar-refractivity contribution is 6.06. The van der Waals surface area contributed by atoms with Gasteiger partial charge in [0.05, 0.1) is 5.41 Å². The molecular formula is C33H37N5O5. The maximum Gasteiger partial charge on any atom is 0.410 e. The Balaban J connectivity index is 1.24. The van der Waals surface area contributed by atoms with Gasteiger partial charge in [-0.15, -0.1) is 0 Å². The van der Waals surface area contributed by atoms with Gasteiger partial charge in [0.25, 0.3) is 0 Å². The Kier molecular flexibility index (Phi) is 7.96. The number of fused-ring (bicyclic) bond motifs is 3. The first-order valence-corrected chi connectivity index (χ1v) is 14.3. The van der Waals surface area contributed by atoms with Crippen LogP contribution in [0.25, 0.3) is 0 Å².